The molecule has 2 aliphatic carbocycles. The van der Waals surface area contributed by atoms with Gasteiger partial charge < -0.3 is 5.32 Å². The number of carbonyl (C=O) groups is 1. The van der Waals surface area contributed by atoms with Crippen molar-refractivity contribution in [1.29, 1.82) is 0 Å². The first-order valence-electron chi connectivity index (χ1n) is 16.3. The van der Waals surface area contributed by atoms with Gasteiger partial charge in [0.15, 0.2) is 0 Å². The number of benzene rings is 2. The fraction of sp³-hybridized carbons (Fsp3) is 0.543. The predicted octanol–water partition coefficient (Wildman–Crippen LogP) is 8.88. The van der Waals surface area contributed by atoms with Crippen molar-refractivity contribution in [2.45, 2.75) is 126 Å². The second-order valence-electron chi connectivity index (χ2n) is 12.4. The molecule has 0 radical (unpaired) electrons. The number of sulfonamides is 1. The Kier molecular flexibility index (Phi) is 11.0. The molecule has 6 nitrogen and oxygen atoms in total. The van der Waals surface area contributed by atoms with Gasteiger partial charge in [-0.15, -0.1) is 0 Å². The van der Waals surface area contributed by atoms with Crippen LogP contribution in [-0.4, -0.2) is 25.4 Å². The normalized spacial score (nSPS) is 19.0. The lowest BCUT2D eigenvalue weighted by atomic mass is 9.88. The van der Waals surface area contributed by atoms with Gasteiger partial charge in [0.25, 0.3) is 5.91 Å². The van der Waals surface area contributed by atoms with E-state index in [-0.39, 0.29) is 16.8 Å². The molecule has 7 heteroatoms. The molecule has 1 aromatic heterocycles. The summed E-state index contributed by atoms with van der Waals surface area (Å²) in [5, 5.41) is 3.85. The van der Waals surface area contributed by atoms with Gasteiger partial charge in [-0.05, 0) is 62.1 Å². The summed E-state index contributed by atoms with van der Waals surface area (Å²) >= 11 is 0. The van der Waals surface area contributed by atoms with Gasteiger partial charge in [-0.1, -0.05) is 102 Å². The van der Waals surface area contributed by atoms with E-state index in [2.05, 4.69) is 10.0 Å². The van der Waals surface area contributed by atoms with E-state index in [4.69, 9.17) is 4.98 Å². The number of fused-ring (bicyclic) bond motifs is 1. The zero-order chi connectivity index (χ0) is 29.2. The van der Waals surface area contributed by atoms with E-state index in [0.29, 0.717) is 17.2 Å². The number of para-hydroxylation sites is 1. The quantitative estimate of drug-likeness (QED) is 0.301. The minimum atomic E-state index is -3.63. The second-order valence-corrected chi connectivity index (χ2v) is 14.1. The first-order chi connectivity index (χ1) is 20.5. The first kappa shape index (κ1) is 30.7. The molecule has 0 bridgehead atoms. The van der Waals surface area contributed by atoms with E-state index in [0.717, 1.165) is 55.1 Å². The van der Waals surface area contributed by atoms with Gasteiger partial charge in [0, 0.05) is 28.7 Å². The summed E-state index contributed by atoms with van der Waals surface area (Å²) in [5.74, 6) is 0.160. The number of anilines is 1. The standard InChI is InChI=1S/C35H47N3O3S/c39-35(36-28-22-24-30(25-23-28)42(40,41)38-29-18-12-8-4-5-9-13-19-29)32-26-34(37-33-21-15-14-20-31(32)33)27-16-10-6-2-1-3-7-11-17-27/h14-15,20-27,29,38H,1-13,16-19H2,(H,36,39). The highest BCUT2D eigenvalue weighted by atomic mass is 32.2. The molecule has 1 amide bonds. The topological polar surface area (TPSA) is 88.2 Å². The van der Waals surface area contributed by atoms with Gasteiger partial charge in [-0.25, -0.2) is 13.1 Å². The summed E-state index contributed by atoms with van der Waals surface area (Å²) in [6.45, 7) is 0. The lowest BCUT2D eigenvalue weighted by Gasteiger charge is -2.20. The van der Waals surface area contributed by atoms with Crippen LogP contribution >= 0.6 is 0 Å². The Morgan fingerprint density at radius 3 is 1.86 bits per heavy atom. The van der Waals surface area contributed by atoms with E-state index in [1.165, 1.54) is 70.6 Å². The largest absolute Gasteiger partial charge is 0.322 e. The van der Waals surface area contributed by atoms with E-state index < -0.39 is 10.0 Å². The molecule has 5 rings (SSSR count). The van der Waals surface area contributed by atoms with Gasteiger partial charge in [-0.2, -0.15) is 0 Å². The van der Waals surface area contributed by atoms with E-state index in [9.17, 15) is 13.2 Å². The smallest absolute Gasteiger partial charge is 0.256 e. The summed E-state index contributed by atoms with van der Waals surface area (Å²) < 4.78 is 29.3. The van der Waals surface area contributed by atoms with E-state index in [1.807, 2.05) is 30.3 Å². The molecule has 226 valence electrons. The molecule has 0 saturated heterocycles. The van der Waals surface area contributed by atoms with Crippen molar-refractivity contribution in [2.24, 2.45) is 0 Å². The van der Waals surface area contributed by atoms with Gasteiger partial charge in [0.05, 0.1) is 16.0 Å². The van der Waals surface area contributed by atoms with Crippen molar-refractivity contribution >= 4 is 32.5 Å². The molecular formula is C35H47N3O3S. The monoisotopic (exact) mass is 589 g/mol. The third-order valence-corrected chi connectivity index (χ3v) is 10.6. The Balaban J connectivity index is 1.31. The van der Waals surface area contributed by atoms with Crippen LogP contribution in [0.1, 0.15) is 131 Å². The molecule has 2 aromatic carbocycles. The lowest BCUT2D eigenvalue weighted by Crippen LogP contribution is -2.34. The summed E-state index contributed by atoms with van der Waals surface area (Å²) in [6, 6.07) is 16.4. The van der Waals surface area contributed by atoms with Gasteiger partial charge in [0.2, 0.25) is 10.0 Å². The highest BCUT2D eigenvalue weighted by Gasteiger charge is 2.22. The Labute approximate surface area is 252 Å². The second kappa shape index (κ2) is 15.1. The number of hydrogen-bond donors (Lipinski definition) is 2. The molecule has 0 aliphatic heterocycles. The summed E-state index contributed by atoms with van der Waals surface area (Å²) in [4.78, 5) is 18.9. The first-order valence-corrected chi connectivity index (χ1v) is 17.8. The number of aromatic nitrogens is 1. The molecular weight excluding hydrogens is 542 g/mol. The minimum Gasteiger partial charge on any atom is -0.322 e. The average molecular weight is 590 g/mol. The van der Waals surface area contributed by atoms with Crippen molar-refractivity contribution in [1.82, 2.24) is 9.71 Å². The van der Waals surface area contributed by atoms with Crippen LogP contribution in [-0.2, 0) is 10.0 Å². The molecule has 1 heterocycles. The number of hydrogen-bond acceptors (Lipinski definition) is 4. The Morgan fingerprint density at radius 2 is 1.24 bits per heavy atom. The SMILES string of the molecule is O=C(Nc1ccc(S(=O)(=O)NC2CCCCCCCC2)cc1)c1cc(C2CCCCCCCCC2)nc2ccccc12. The Bertz CT molecular complexity index is 1400. The van der Waals surface area contributed by atoms with Crippen LogP contribution < -0.4 is 10.0 Å². The fourth-order valence-corrected chi connectivity index (χ4v) is 7.96. The van der Waals surface area contributed by atoms with Crippen molar-refractivity contribution in [3.63, 3.8) is 0 Å². The number of pyridine rings is 1. The number of amides is 1. The molecule has 2 aliphatic rings. The maximum absolute atomic E-state index is 13.7. The molecule has 3 aromatic rings. The maximum atomic E-state index is 13.7. The molecule has 2 saturated carbocycles. The van der Waals surface area contributed by atoms with Crippen LogP contribution in [0.15, 0.2) is 59.5 Å². The van der Waals surface area contributed by atoms with Crippen molar-refractivity contribution < 1.29 is 13.2 Å². The molecule has 0 spiro atoms. The van der Waals surface area contributed by atoms with Crippen LogP contribution in [0.3, 0.4) is 0 Å². The van der Waals surface area contributed by atoms with Gasteiger partial charge in [-0.3, -0.25) is 9.78 Å². The van der Waals surface area contributed by atoms with Gasteiger partial charge in [0.1, 0.15) is 0 Å². The van der Waals surface area contributed by atoms with Crippen molar-refractivity contribution in [3.8, 4) is 0 Å². The molecule has 42 heavy (non-hydrogen) atoms. The fourth-order valence-electron chi connectivity index (χ4n) is 6.65. The molecule has 2 N–H and O–H groups in total. The van der Waals surface area contributed by atoms with E-state index >= 15 is 0 Å². The number of carbonyl (C=O) groups excluding carboxylic acids is 1. The zero-order valence-corrected chi connectivity index (χ0v) is 25.8. The third kappa shape index (κ3) is 8.41. The maximum Gasteiger partial charge on any atom is 0.256 e. The van der Waals surface area contributed by atoms with Crippen LogP contribution in [0.25, 0.3) is 10.9 Å². The number of nitrogens with one attached hydrogen (secondary N) is 2. The van der Waals surface area contributed by atoms with Crippen molar-refractivity contribution in [3.05, 3.63) is 65.9 Å². The van der Waals surface area contributed by atoms with Crippen LogP contribution in [0, 0.1) is 0 Å². The minimum absolute atomic E-state index is 0.0201. The third-order valence-electron chi connectivity index (χ3n) is 9.10. The molecule has 2 fully saturated rings. The number of nitrogens with zero attached hydrogens (tertiary/aromatic N) is 1. The average Bonchev–Trinajstić information content (AvgIpc) is 3.13. The molecule has 0 unspecified atom stereocenters. The summed E-state index contributed by atoms with van der Waals surface area (Å²) in [7, 11) is -3.63. The lowest BCUT2D eigenvalue weighted by molar-refractivity contribution is 0.102. The van der Waals surface area contributed by atoms with Crippen LogP contribution in [0.4, 0.5) is 5.69 Å². The van der Waals surface area contributed by atoms with Crippen LogP contribution in [0.2, 0.25) is 0 Å². The van der Waals surface area contributed by atoms with Gasteiger partial charge >= 0.3 is 0 Å². The Hall–Kier alpha value is -2.77. The zero-order valence-electron chi connectivity index (χ0n) is 25.0. The summed E-state index contributed by atoms with van der Waals surface area (Å²) in [6.07, 6.45) is 19.8. The highest BCUT2D eigenvalue weighted by Crippen LogP contribution is 2.32. The number of rotatable bonds is 6. The highest BCUT2D eigenvalue weighted by molar-refractivity contribution is 7.89. The molecule has 0 atom stereocenters. The Morgan fingerprint density at radius 1 is 0.690 bits per heavy atom. The summed E-state index contributed by atoms with van der Waals surface area (Å²) in [5.41, 5.74) is 3.04. The van der Waals surface area contributed by atoms with E-state index in [1.54, 1.807) is 24.3 Å². The van der Waals surface area contributed by atoms with Crippen LogP contribution in [0.5, 0.6) is 0 Å². The van der Waals surface area contributed by atoms with Crippen molar-refractivity contribution in [2.75, 3.05) is 5.32 Å². The predicted molar refractivity (Wildman–Crippen MR) is 171 cm³/mol.